The lowest BCUT2D eigenvalue weighted by Crippen LogP contribution is -2.43. The third-order valence-corrected chi connectivity index (χ3v) is 6.61. The summed E-state index contributed by atoms with van der Waals surface area (Å²) < 4.78 is 33.3. The van der Waals surface area contributed by atoms with Gasteiger partial charge in [0, 0.05) is 13.2 Å². The maximum Gasteiger partial charge on any atom is 0.264 e. The van der Waals surface area contributed by atoms with Crippen LogP contribution in [0.3, 0.4) is 0 Å². The Morgan fingerprint density at radius 2 is 1.86 bits per heavy atom. The molecule has 0 spiro atoms. The summed E-state index contributed by atoms with van der Waals surface area (Å²) in [7, 11) is -3.88. The average Bonchev–Trinajstić information content (AvgIpc) is 3.19. The average molecular weight is 403 g/mol. The molecule has 2 aromatic rings. The Labute approximate surface area is 166 Å². The van der Waals surface area contributed by atoms with Crippen LogP contribution in [0.2, 0.25) is 0 Å². The summed E-state index contributed by atoms with van der Waals surface area (Å²) >= 11 is 0. The number of aryl methyl sites for hydroxylation is 2. The van der Waals surface area contributed by atoms with E-state index >= 15 is 0 Å². The molecule has 7 heteroatoms. The van der Waals surface area contributed by atoms with Gasteiger partial charge in [-0.25, -0.2) is 8.42 Å². The van der Waals surface area contributed by atoms with Gasteiger partial charge in [0.1, 0.15) is 6.54 Å². The van der Waals surface area contributed by atoms with Crippen molar-refractivity contribution in [3.05, 3.63) is 59.7 Å². The number of rotatable bonds is 7. The van der Waals surface area contributed by atoms with Crippen LogP contribution < -0.4 is 9.62 Å². The van der Waals surface area contributed by atoms with Crippen LogP contribution in [0.5, 0.6) is 0 Å². The molecule has 1 heterocycles. The first-order chi connectivity index (χ1) is 13.4. The zero-order valence-corrected chi connectivity index (χ0v) is 17.0. The number of ether oxygens (including phenoxy) is 1. The van der Waals surface area contributed by atoms with E-state index in [9.17, 15) is 13.2 Å². The predicted molar refractivity (Wildman–Crippen MR) is 109 cm³/mol. The van der Waals surface area contributed by atoms with Gasteiger partial charge in [0.25, 0.3) is 10.0 Å². The van der Waals surface area contributed by atoms with Gasteiger partial charge in [-0.15, -0.1) is 0 Å². The summed E-state index contributed by atoms with van der Waals surface area (Å²) in [4.78, 5) is 12.7. The lowest BCUT2D eigenvalue weighted by atomic mass is 10.2. The number of carbonyl (C=O) groups is 1. The fourth-order valence-corrected chi connectivity index (χ4v) is 4.69. The van der Waals surface area contributed by atoms with Crippen LogP contribution in [0.15, 0.2) is 53.4 Å². The molecular formula is C21H26N2O4S. The van der Waals surface area contributed by atoms with E-state index in [1.54, 1.807) is 36.4 Å². The fourth-order valence-electron chi connectivity index (χ4n) is 3.20. The molecule has 0 aliphatic carbocycles. The summed E-state index contributed by atoms with van der Waals surface area (Å²) in [6.45, 7) is 4.54. The maximum absolute atomic E-state index is 13.3. The maximum atomic E-state index is 13.3. The molecule has 0 bridgehead atoms. The first-order valence-corrected chi connectivity index (χ1v) is 10.9. The summed E-state index contributed by atoms with van der Waals surface area (Å²) in [5, 5.41) is 2.81. The van der Waals surface area contributed by atoms with Crippen molar-refractivity contribution in [2.75, 3.05) is 24.0 Å². The molecule has 3 rings (SSSR count). The topological polar surface area (TPSA) is 75.7 Å². The Morgan fingerprint density at radius 3 is 2.50 bits per heavy atom. The van der Waals surface area contributed by atoms with Crippen molar-refractivity contribution in [2.24, 2.45) is 0 Å². The first-order valence-electron chi connectivity index (χ1n) is 9.41. The number of sulfonamides is 1. The fraction of sp³-hybridized carbons (Fsp3) is 0.381. The molecule has 1 N–H and O–H groups in total. The molecule has 0 saturated carbocycles. The van der Waals surface area contributed by atoms with Crippen LogP contribution >= 0.6 is 0 Å². The number of nitrogens with one attached hydrogen (secondary N) is 1. The molecule has 1 saturated heterocycles. The zero-order valence-electron chi connectivity index (χ0n) is 16.2. The summed E-state index contributed by atoms with van der Waals surface area (Å²) in [5.74, 6) is -0.352. The highest BCUT2D eigenvalue weighted by Crippen LogP contribution is 2.26. The minimum atomic E-state index is -3.88. The number of nitrogens with zero attached hydrogens (tertiary/aromatic N) is 1. The van der Waals surface area contributed by atoms with Crippen molar-refractivity contribution >= 4 is 21.6 Å². The van der Waals surface area contributed by atoms with Crippen molar-refractivity contribution < 1.29 is 17.9 Å². The van der Waals surface area contributed by atoms with Crippen molar-refractivity contribution in [1.29, 1.82) is 0 Å². The second kappa shape index (κ2) is 8.75. The van der Waals surface area contributed by atoms with Crippen LogP contribution in [-0.4, -0.2) is 40.1 Å². The third kappa shape index (κ3) is 4.72. The van der Waals surface area contributed by atoms with Gasteiger partial charge in [-0.1, -0.05) is 35.9 Å². The van der Waals surface area contributed by atoms with Gasteiger partial charge in [0.05, 0.1) is 16.7 Å². The minimum Gasteiger partial charge on any atom is -0.376 e. The van der Waals surface area contributed by atoms with Gasteiger partial charge in [-0.3, -0.25) is 9.10 Å². The van der Waals surface area contributed by atoms with E-state index in [2.05, 4.69) is 5.32 Å². The summed E-state index contributed by atoms with van der Waals surface area (Å²) in [6.07, 6.45) is 1.89. The number of carbonyl (C=O) groups excluding carboxylic acids is 1. The monoisotopic (exact) mass is 402 g/mol. The highest BCUT2D eigenvalue weighted by atomic mass is 32.2. The molecule has 0 radical (unpaired) electrons. The number of amides is 1. The third-order valence-electron chi connectivity index (χ3n) is 4.83. The minimum absolute atomic E-state index is 0.00423. The number of anilines is 1. The van der Waals surface area contributed by atoms with Crippen LogP contribution in [-0.2, 0) is 19.6 Å². The highest BCUT2D eigenvalue weighted by molar-refractivity contribution is 7.92. The quantitative estimate of drug-likeness (QED) is 0.773. The van der Waals surface area contributed by atoms with Crippen LogP contribution in [0, 0.1) is 13.8 Å². The Balaban J connectivity index is 1.86. The van der Waals surface area contributed by atoms with Crippen LogP contribution in [0.25, 0.3) is 0 Å². The van der Waals surface area contributed by atoms with Gasteiger partial charge in [-0.05, 0) is 50.5 Å². The number of para-hydroxylation sites is 1. The van der Waals surface area contributed by atoms with Gasteiger partial charge in [0.2, 0.25) is 5.91 Å². The molecule has 150 valence electrons. The zero-order chi connectivity index (χ0) is 20.1. The summed E-state index contributed by atoms with van der Waals surface area (Å²) in [6, 6.07) is 13.8. The van der Waals surface area contributed by atoms with Crippen molar-refractivity contribution in [3.8, 4) is 0 Å². The lowest BCUT2D eigenvalue weighted by Gasteiger charge is -2.26. The van der Waals surface area contributed by atoms with E-state index in [0.29, 0.717) is 18.8 Å². The molecule has 28 heavy (non-hydrogen) atoms. The molecule has 1 aliphatic heterocycles. The van der Waals surface area contributed by atoms with E-state index in [4.69, 9.17) is 4.74 Å². The summed E-state index contributed by atoms with van der Waals surface area (Å²) in [5.41, 5.74) is 2.25. The molecule has 1 aliphatic rings. The Hall–Kier alpha value is -2.38. The molecule has 2 aromatic carbocycles. The molecule has 1 fully saturated rings. The van der Waals surface area contributed by atoms with Crippen molar-refractivity contribution in [3.63, 3.8) is 0 Å². The second-order valence-electron chi connectivity index (χ2n) is 7.05. The number of benzene rings is 2. The molecule has 0 aromatic heterocycles. The number of hydrogen-bond donors (Lipinski definition) is 1. The standard InChI is InChI=1S/C21H26N2O4S/c1-16-9-11-19(12-10-16)28(25,26)23(20-8-4-3-6-17(20)2)15-21(24)22-14-18-7-5-13-27-18/h3-4,6,8-12,18H,5,7,13-15H2,1-2H3,(H,22,24). The van der Waals surface area contributed by atoms with E-state index in [-0.39, 0.29) is 23.5 Å². The van der Waals surface area contributed by atoms with E-state index < -0.39 is 10.0 Å². The van der Waals surface area contributed by atoms with E-state index in [0.717, 1.165) is 24.0 Å². The molecule has 1 unspecified atom stereocenters. The normalized spacial score (nSPS) is 16.7. The first kappa shape index (κ1) is 20.4. The van der Waals surface area contributed by atoms with Crippen LogP contribution in [0.4, 0.5) is 5.69 Å². The lowest BCUT2D eigenvalue weighted by molar-refractivity contribution is -0.120. The van der Waals surface area contributed by atoms with Gasteiger partial charge >= 0.3 is 0 Å². The van der Waals surface area contributed by atoms with E-state index in [1.807, 2.05) is 26.0 Å². The Morgan fingerprint density at radius 1 is 1.14 bits per heavy atom. The molecule has 6 nitrogen and oxygen atoms in total. The van der Waals surface area contributed by atoms with Crippen LogP contribution in [0.1, 0.15) is 24.0 Å². The van der Waals surface area contributed by atoms with Crippen molar-refractivity contribution in [2.45, 2.75) is 37.7 Å². The smallest absolute Gasteiger partial charge is 0.264 e. The second-order valence-corrected chi connectivity index (χ2v) is 8.91. The Kier molecular flexibility index (Phi) is 6.36. The number of hydrogen-bond acceptors (Lipinski definition) is 4. The molecule has 1 atom stereocenters. The SMILES string of the molecule is Cc1ccc(S(=O)(=O)N(CC(=O)NCC2CCCO2)c2ccccc2C)cc1. The van der Waals surface area contributed by atoms with Gasteiger partial charge in [-0.2, -0.15) is 0 Å². The van der Waals surface area contributed by atoms with Crippen molar-refractivity contribution in [1.82, 2.24) is 5.32 Å². The van der Waals surface area contributed by atoms with E-state index in [1.165, 1.54) is 4.31 Å². The van der Waals surface area contributed by atoms with Gasteiger partial charge in [0.15, 0.2) is 0 Å². The predicted octanol–water partition coefficient (Wildman–Crippen LogP) is 2.79. The molecule has 1 amide bonds. The largest absolute Gasteiger partial charge is 0.376 e. The highest BCUT2D eigenvalue weighted by Gasteiger charge is 2.28. The Bertz CT molecular complexity index is 920. The molecular weight excluding hydrogens is 376 g/mol. The van der Waals surface area contributed by atoms with Gasteiger partial charge < -0.3 is 10.1 Å².